The average molecular weight is 318 g/mol. The fraction of sp³-hybridized carbons (Fsp3) is 0.500. The number of nitrogens with one attached hydrogen (secondary N) is 2. The number of aromatic nitrogens is 1. The molecule has 2 rings (SSSR count). The number of carbonyl (C=O) groups excluding carboxylic acids is 1. The largest absolute Gasteiger partial charge is 0.530 e. The molecule has 1 fully saturated rings. The van der Waals surface area contributed by atoms with Crippen molar-refractivity contribution in [1.29, 1.82) is 0 Å². The zero-order chi connectivity index (χ0) is 16.3. The predicted octanol–water partition coefficient (Wildman–Crippen LogP) is -0.0222. The van der Waals surface area contributed by atoms with E-state index in [0.29, 0.717) is 0 Å². The average Bonchev–Trinajstić information content (AvgIpc) is 2.85. The highest BCUT2D eigenvalue weighted by Gasteiger charge is 2.46. The van der Waals surface area contributed by atoms with E-state index in [4.69, 9.17) is 5.84 Å². The summed E-state index contributed by atoms with van der Waals surface area (Å²) in [5, 5.41) is 12.6. The van der Waals surface area contributed by atoms with Gasteiger partial charge in [0.1, 0.15) is 18.0 Å². The number of alkyl halides is 3. The van der Waals surface area contributed by atoms with Crippen LogP contribution < -0.4 is 21.7 Å². The Morgan fingerprint density at radius 2 is 2.23 bits per heavy atom. The van der Waals surface area contributed by atoms with E-state index in [1.807, 2.05) is 0 Å². The van der Waals surface area contributed by atoms with Crippen LogP contribution in [-0.2, 0) is 0 Å². The van der Waals surface area contributed by atoms with Gasteiger partial charge >= 0.3 is 6.18 Å². The number of rotatable bonds is 4. The maximum absolute atomic E-state index is 13.4. The second kappa shape index (κ2) is 6.36. The molecule has 10 heteroatoms. The maximum Gasteiger partial charge on any atom is 0.408 e. The van der Waals surface area contributed by atoms with Gasteiger partial charge in [0.15, 0.2) is 0 Å². The molecule has 0 bridgehead atoms. The first-order valence-electron chi connectivity index (χ1n) is 6.52. The number of hydrazine groups is 1. The van der Waals surface area contributed by atoms with Gasteiger partial charge in [-0.3, -0.25) is 4.90 Å². The molecule has 0 saturated carbocycles. The first kappa shape index (κ1) is 16.3. The molecule has 4 N–H and O–H groups in total. The topological polar surface area (TPSA) is 106 Å². The van der Waals surface area contributed by atoms with Crippen LogP contribution >= 0.6 is 0 Å². The summed E-state index contributed by atoms with van der Waals surface area (Å²) in [6.07, 6.45) is -4.60. The monoisotopic (exact) mass is 318 g/mol. The second-order valence-electron chi connectivity index (χ2n) is 4.98. The van der Waals surface area contributed by atoms with Crippen LogP contribution in [0.2, 0.25) is 0 Å². The van der Waals surface area contributed by atoms with Gasteiger partial charge in [0.25, 0.3) is 0 Å². The zero-order valence-corrected chi connectivity index (χ0v) is 11.4. The number of nitrogens with two attached hydrogens (primary N) is 1. The van der Waals surface area contributed by atoms with E-state index in [0.717, 1.165) is 6.20 Å². The van der Waals surface area contributed by atoms with E-state index in [1.54, 1.807) is 0 Å². The Bertz CT molecular complexity index is 522. The molecule has 1 amide bonds. The van der Waals surface area contributed by atoms with Gasteiger partial charge in [-0.1, -0.05) is 6.07 Å². The molecule has 1 aromatic heterocycles. The van der Waals surface area contributed by atoms with E-state index in [-0.39, 0.29) is 30.9 Å². The highest BCUT2D eigenvalue weighted by atomic mass is 19.4. The minimum absolute atomic E-state index is 0.0272. The third-order valence-corrected chi connectivity index (χ3v) is 3.47. The summed E-state index contributed by atoms with van der Waals surface area (Å²) < 4.78 is 40.1. The van der Waals surface area contributed by atoms with Crippen molar-refractivity contribution in [3.8, 4) is 0 Å². The van der Waals surface area contributed by atoms with Crippen molar-refractivity contribution in [2.45, 2.75) is 24.7 Å². The van der Waals surface area contributed by atoms with Gasteiger partial charge in [0.2, 0.25) is 0 Å². The van der Waals surface area contributed by atoms with Crippen molar-refractivity contribution in [3.63, 3.8) is 0 Å². The molecule has 0 aromatic carbocycles. The number of nitrogens with zero attached hydrogens (tertiary/aromatic N) is 2. The SMILES string of the molecule is NNc1ccc([C@@H](N2CC[C@H](NC(=O)[O-])C2)C(F)(F)F)cn1. The number of carbonyl (C=O) groups is 1. The summed E-state index contributed by atoms with van der Waals surface area (Å²) in [4.78, 5) is 15.4. The number of carboxylic acid groups (broad SMARTS) is 1. The third kappa shape index (κ3) is 3.77. The summed E-state index contributed by atoms with van der Waals surface area (Å²) in [6, 6.07) is 0.217. The number of hydrogen-bond donors (Lipinski definition) is 3. The molecule has 7 nitrogen and oxygen atoms in total. The number of hydrogen-bond acceptors (Lipinski definition) is 6. The third-order valence-electron chi connectivity index (χ3n) is 3.47. The number of likely N-dealkylation sites (tertiary alicyclic amines) is 1. The molecule has 1 aliphatic heterocycles. The van der Waals surface area contributed by atoms with Crippen LogP contribution in [0.4, 0.5) is 23.8 Å². The molecule has 1 aliphatic rings. The zero-order valence-electron chi connectivity index (χ0n) is 11.4. The van der Waals surface area contributed by atoms with E-state index in [1.165, 1.54) is 17.0 Å². The van der Waals surface area contributed by atoms with Crippen LogP contribution in [0.5, 0.6) is 0 Å². The highest BCUT2D eigenvalue weighted by Crippen LogP contribution is 2.39. The fourth-order valence-electron chi connectivity index (χ4n) is 2.57. The van der Waals surface area contributed by atoms with Crippen LogP contribution in [0.25, 0.3) is 0 Å². The summed E-state index contributed by atoms with van der Waals surface area (Å²) >= 11 is 0. The van der Waals surface area contributed by atoms with E-state index < -0.39 is 24.4 Å². The van der Waals surface area contributed by atoms with Crippen molar-refractivity contribution in [2.75, 3.05) is 18.5 Å². The number of halogens is 3. The van der Waals surface area contributed by atoms with Gasteiger partial charge in [0, 0.05) is 25.3 Å². The molecular formula is C12H15F3N5O2-. The number of pyridine rings is 1. The Balaban J connectivity index is 2.18. The van der Waals surface area contributed by atoms with E-state index >= 15 is 0 Å². The molecular weight excluding hydrogens is 303 g/mol. The van der Waals surface area contributed by atoms with Crippen LogP contribution in [-0.4, -0.2) is 41.3 Å². The predicted molar refractivity (Wildman–Crippen MR) is 69.4 cm³/mol. The fourth-order valence-corrected chi connectivity index (χ4v) is 2.57. The van der Waals surface area contributed by atoms with Crippen molar-refractivity contribution in [2.24, 2.45) is 5.84 Å². The lowest BCUT2D eigenvalue weighted by atomic mass is 10.1. The summed E-state index contributed by atoms with van der Waals surface area (Å²) in [5.41, 5.74) is 2.21. The molecule has 2 atom stereocenters. The molecule has 0 unspecified atom stereocenters. The van der Waals surface area contributed by atoms with E-state index in [2.05, 4.69) is 15.7 Å². The van der Waals surface area contributed by atoms with Gasteiger partial charge in [0.05, 0.1) is 0 Å². The normalized spacial score (nSPS) is 20.6. The quantitative estimate of drug-likeness (QED) is 0.532. The first-order chi connectivity index (χ1) is 10.3. The maximum atomic E-state index is 13.4. The highest BCUT2D eigenvalue weighted by molar-refractivity contribution is 5.62. The Hall–Kier alpha value is -2.07. The van der Waals surface area contributed by atoms with Gasteiger partial charge in [-0.05, 0) is 18.1 Å². The summed E-state index contributed by atoms with van der Waals surface area (Å²) in [6.45, 7) is 0.0705. The van der Waals surface area contributed by atoms with Gasteiger partial charge < -0.3 is 20.6 Å². The number of nitrogen functional groups attached to an aromatic ring is 1. The second-order valence-corrected chi connectivity index (χ2v) is 4.98. The lowest BCUT2D eigenvalue weighted by molar-refractivity contribution is -0.251. The minimum atomic E-state index is -4.50. The Kier molecular flexibility index (Phi) is 4.71. The van der Waals surface area contributed by atoms with Crippen LogP contribution in [0.1, 0.15) is 18.0 Å². The van der Waals surface area contributed by atoms with Crippen molar-refractivity contribution in [1.82, 2.24) is 15.2 Å². The lowest BCUT2D eigenvalue weighted by Crippen LogP contribution is -2.45. The molecule has 1 aromatic rings. The van der Waals surface area contributed by atoms with Crippen LogP contribution in [0, 0.1) is 0 Å². The first-order valence-corrected chi connectivity index (χ1v) is 6.52. The van der Waals surface area contributed by atoms with Gasteiger partial charge in [-0.25, -0.2) is 10.8 Å². The van der Waals surface area contributed by atoms with Gasteiger partial charge in [-0.2, -0.15) is 13.2 Å². The van der Waals surface area contributed by atoms with Crippen molar-refractivity contribution in [3.05, 3.63) is 23.9 Å². The Morgan fingerprint density at radius 3 is 2.73 bits per heavy atom. The molecule has 1 saturated heterocycles. The van der Waals surface area contributed by atoms with Crippen molar-refractivity contribution >= 4 is 11.9 Å². The number of amides is 1. The molecule has 22 heavy (non-hydrogen) atoms. The Labute approximate surface area is 124 Å². The van der Waals surface area contributed by atoms with Crippen LogP contribution in [0.3, 0.4) is 0 Å². The molecule has 0 radical (unpaired) electrons. The smallest absolute Gasteiger partial charge is 0.408 e. The Morgan fingerprint density at radius 1 is 1.50 bits per heavy atom. The lowest BCUT2D eigenvalue weighted by Gasteiger charge is -2.30. The summed E-state index contributed by atoms with van der Waals surface area (Å²) in [5.74, 6) is 5.39. The van der Waals surface area contributed by atoms with Gasteiger partial charge in [-0.15, -0.1) is 0 Å². The molecule has 0 aliphatic carbocycles. The summed E-state index contributed by atoms with van der Waals surface area (Å²) in [7, 11) is 0. The van der Waals surface area contributed by atoms with E-state index in [9.17, 15) is 23.1 Å². The number of anilines is 1. The molecule has 122 valence electrons. The minimum Gasteiger partial charge on any atom is -0.530 e. The molecule has 0 spiro atoms. The molecule has 2 heterocycles. The van der Waals surface area contributed by atoms with Crippen molar-refractivity contribution < 1.29 is 23.1 Å². The van der Waals surface area contributed by atoms with Crippen LogP contribution in [0.15, 0.2) is 18.3 Å². The standard InChI is InChI=1S/C12H16F3N5O2/c13-12(14,15)10(7-1-2-9(19-16)17-5-7)20-4-3-8(6-20)18-11(21)22/h1-2,5,8,10,18H,3-4,6,16H2,(H,17,19)(H,21,22)/p-1/t8-,10+/m0/s1.